The summed E-state index contributed by atoms with van der Waals surface area (Å²) in [5.41, 5.74) is 2.71. The maximum atomic E-state index is 13.4. The van der Waals surface area contributed by atoms with Crippen LogP contribution in [0.25, 0.3) is 0 Å². The number of carbonyl (C=O) groups is 1. The number of aliphatic carboxylic acids is 1. The fraction of sp³-hybridized carbons (Fsp3) is 0.269. The normalized spacial score (nSPS) is 21.8. The van der Waals surface area contributed by atoms with Gasteiger partial charge in [-0.25, -0.2) is 4.39 Å². The highest BCUT2D eigenvalue weighted by Gasteiger charge is 2.47. The van der Waals surface area contributed by atoms with Crippen molar-refractivity contribution in [2.24, 2.45) is 5.92 Å². The van der Waals surface area contributed by atoms with Crippen LogP contribution in [-0.4, -0.2) is 36.4 Å². The van der Waals surface area contributed by atoms with Gasteiger partial charge in [-0.05, 0) is 53.1 Å². The van der Waals surface area contributed by atoms with Crippen LogP contribution >= 0.6 is 0 Å². The predicted molar refractivity (Wildman–Crippen MR) is 119 cm³/mol. The van der Waals surface area contributed by atoms with Gasteiger partial charge < -0.3 is 19.3 Å². The number of hydrogen-bond acceptors (Lipinski definition) is 5. The van der Waals surface area contributed by atoms with Crippen LogP contribution in [-0.2, 0) is 11.3 Å². The van der Waals surface area contributed by atoms with Crippen molar-refractivity contribution < 1.29 is 28.5 Å². The van der Waals surface area contributed by atoms with E-state index in [4.69, 9.17) is 14.2 Å². The highest BCUT2D eigenvalue weighted by atomic mass is 19.1. The lowest BCUT2D eigenvalue weighted by atomic mass is 9.82. The number of halogens is 1. The second-order valence-electron chi connectivity index (χ2n) is 8.36. The van der Waals surface area contributed by atoms with Crippen molar-refractivity contribution in [2.75, 3.05) is 20.4 Å². The summed E-state index contributed by atoms with van der Waals surface area (Å²) in [5, 5.41) is 10.3. The van der Waals surface area contributed by atoms with E-state index in [9.17, 15) is 14.3 Å². The predicted octanol–water partition coefficient (Wildman–Crippen LogP) is 4.60. The molecule has 5 rings (SSSR count). The van der Waals surface area contributed by atoms with Crippen LogP contribution < -0.4 is 14.2 Å². The zero-order valence-corrected chi connectivity index (χ0v) is 18.1. The monoisotopic (exact) mass is 449 g/mol. The lowest BCUT2D eigenvalue weighted by Crippen LogP contribution is -2.28. The van der Waals surface area contributed by atoms with Crippen molar-refractivity contribution in [1.29, 1.82) is 0 Å². The first-order valence-electron chi connectivity index (χ1n) is 10.8. The van der Waals surface area contributed by atoms with Crippen LogP contribution in [0.3, 0.4) is 0 Å². The van der Waals surface area contributed by atoms with Crippen LogP contribution in [0.5, 0.6) is 17.2 Å². The Labute approximate surface area is 191 Å². The maximum Gasteiger partial charge on any atom is 0.309 e. The van der Waals surface area contributed by atoms with Crippen molar-refractivity contribution in [3.63, 3.8) is 0 Å². The zero-order valence-electron chi connectivity index (χ0n) is 18.1. The molecule has 0 aliphatic carbocycles. The van der Waals surface area contributed by atoms with Crippen LogP contribution in [0.1, 0.15) is 28.7 Å². The second kappa shape index (κ2) is 8.75. The summed E-state index contributed by atoms with van der Waals surface area (Å²) in [4.78, 5) is 14.8. The summed E-state index contributed by atoms with van der Waals surface area (Å²) < 4.78 is 29.7. The summed E-state index contributed by atoms with van der Waals surface area (Å²) in [7, 11) is 1.60. The molecule has 2 aliphatic rings. The van der Waals surface area contributed by atoms with Gasteiger partial charge in [0.1, 0.15) is 11.6 Å². The van der Waals surface area contributed by atoms with E-state index < -0.39 is 11.9 Å². The molecule has 0 spiro atoms. The largest absolute Gasteiger partial charge is 0.497 e. The average Bonchev–Trinajstić information content (AvgIpc) is 3.45. The van der Waals surface area contributed by atoms with Gasteiger partial charge in [0, 0.05) is 25.0 Å². The molecule has 2 heterocycles. The Kier molecular flexibility index (Phi) is 5.64. The van der Waals surface area contributed by atoms with Gasteiger partial charge in [0.2, 0.25) is 6.79 Å². The van der Waals surface area contributed by atoms with E-state index in [1.54, 1.807) is 19.2 Å². The van der Waals surface area contributed by atoms with E-state index in [2.05, 4.69) is 4.90 Å². The minimum absolute atomic E-state index is 0.164. The molecule has 33 heavy (non-hydrogen) atoms. The van der Waals surface area contributed by atoms with Gasteiger partial charge in [-0.3, -0.25) is 9.69 Å². The van der Waals surface area contributed by atoms with Gasteiger partial charge in [-0.15, -0.1) is 0 Å². The minimum atomic E-state index is -0.861. The molecule has 1 N–H and O–H groups in total. The molecular formula is C26H24FNO5. The molecule has 3 aromatic rings. The average molecular weight is 449 g/mol. The van der Waals surface area contributed by atoms with Gasteiger partial charge in [-0.1, -0.05) is 30.3 Å². The summed E-state index contributed by atoms with van der Waals surface area (Å²) in [6.07, 6.45) is 0. The molecule has 0 amide bonds. The number of methoxy groups -OCH3 is 1. The van der Waals surface area contributed by atoms with Gasteiger partial charge in [-0.2, -0.15) is 0 Å². The Morgan fingerprint density at radius 1 is 1.03 bits per heavy atom. The first kappa shape index (κ1) is 21.3. The van der Waals surface area contributed by atoms with Crippen LogP contribution in [0.15, 0.2) is 66.7 Å². The number of fused-ring (bicyclic) bond motifs is 1. The number of carboxylic acid groups (broad SMARTS) is 1. The van der Waals surface area contributed by atoms with E-state index in [-0.39, 0.29) is 24.6 Å². The molecule has 0 bridgehead atoms. The molecule has 1 saturated heterocycles. The fourth-order valence-corrected chi connectivity index (χ4v) is 4.90. The molecule has 6 nitrogen and oxygen atoms in total. The van der Waals surface area contributed by atoms with Gasteiger partial charge in [0.25, 0.3) is 0 Å². The smallest absolute Gasteiger partial charge is 0.309 e. The van der Waals surface area contributed by atoms with Gasteiger partial charge >= 0.3 is 5.97 Å². The topological polar surface area (TPSA) is 68.2 Å². The molecule has 1 fully saturated rings. The number of rotatable bonds is 6. The third kappa shape index (κ3) is 4.12. The lowest BCUT2D eigenvalue weighted by molar-refractivity contribution is -0.143. The van der Waals surface area contributed by atoms with E-state index in [0.717, 1.165) is 16.7 Å². The zero-order chi connectivity index (χ0) is 22.9. The van der Waals surface area contributed by atoms with Crippen molar-refractivity contribution >= 4 is 5.97 Å². The molecular weight excluding hydrogens is 425 g/mol. The standard InChI is InChI=1S/C26H24FNO5/c1-31-20-9-4-17(5-10-20)25-24(26(29)30)21(18-6-11-22-23(12-18)33-15-32-22)14-28(25)13-16-2-7-19(27)8-3-16/h2-12,21,24-25H,13-15H2,1H3,(H,29,30)/t21-,24-,25+/m0/s1. The number of carboxylic acids is 1. The fourth-order valence-electron chi connectivity index (χ4n) is 4.90. The molecule has 0 radical (unpaired) electrons. The molecule has 0 saturated carbocycles. The van der Waals surface area contributed by atoms with Crippen LogP contribution in [0, 0.1) is 11.7 Å². The van der Waals surface area contributed by atoms with Gasteiger partial charge in [0.15, 0.2) is 11.5 Å². The first-order valence-corrected chi connectivity index (χ1v) is 10.8. The number of hydrogen-bond donors (Lipinski definition) is 1. The molecule has 7 heteroatoms. The Bertz CT molecular complexity index is 1150. The quantitative estimate of drug-likeness (QED) is 0.593. The Balaban J connectivity index is 1.54. The first-order chi connectivity index (χ1) is 16.0. The molecule has 3 atom stereocenters. The highest BCUT2D eigenvalue weighted by Crippen LogP contribution is 2.48. The molecule has 0 aromatic heterocycles. The van der Waals surface area contributed by atoms with Crippen molar-refractivity contribution in [3.8, 4) is 17.2 Å². The summed E-state index contributed by atoms with van der Waals surface area (Å²) >= 11 is 0. The van der Waals surface area contributed by atoms with Crippen molar-refractivity contribution in [1.82, 2.24) is 4.90 Å². The van der Waals surface area contributed by atoms with E-state index in [0.29, 0.717) is 30.3 Å². The van der Waals surface area contributed by atoms with Gasteiger partial charge in [0.05, 0.1) is 13.0 Å². The Hall–Kier alpha value is -3.58. The minimum Gasteiger partial charge on any atom is -0.497 e. The van der Waals surface area contributed by atoms with E-state index in [1.807, 2.05) is 42.5 Å². The summed E-state index contributed by atoms with van der Waals surface area (Å²) in [6, 6.07) is 19.1. The molecule has 170 valence electrons. The molecule has 2 aliphatic heterocycles. The Morgan fingerprint density at radius 2 is 1.73 bits per heavy atom. The Morgan fingerprint density at radius 3 is 2.42 bits per heavy atom. The van der Waals surface area contributed by atoms with Crippen LogP contribution in [0.4, 0.5) is 4.39 Å². The van der Waals surface area contributed by atoms with E-state index >= 15 is 0 Å². The van der Waals surface area contributed by atoms with Crippen molar-refractivity contribution in [3.05, 3.63) is 89.2 Å². The molecule has 3 aromatic carbocycles. The van der Waals surface area contributed by atoms with E-state index in [1.165, 1.54) is 12.1 Å². The number of likely N-dealkylation sites (tertiary alicyclic amines) is 1. The van der Waals surface area contributed by atoms with Crippen LogP contribution in [0.2, 0.25) is 0 Å². The number of benzene rings is 3. The van der Waals surface area contributed by atoms with Crippen molar-refractivity contribution in [2.45, 2.75) is 18.5 Å². The highest BCUT2D eigenvalue weighted by molar-refractivity contribution is 5.74. The third-order valence-electron chi connectivity index (χ3n) is 6.46. The SMILES string of the molecule is COc1ccc([C@@H]2[C@@H](C(=O)O)[C@H](c3ccc4c(c3)OCO4)CN2Cc2ccc(F)cc2)cc1. The lowest BCUT2D eigenvalue weighted by Gasteiger charge is -2.27. The maximum absolute atomic E-state index is 13.4. The third-order valence-corrected chi connectivity index (χ3v) is 6.46. The second-order valence-corrected chi connectivity index (χ2v) is 8.36. The molecule has 0 unspecified atom stereocenters. The number of nitrogens with zero attached hydrogens (tertiary/aromatic N) is 1. The summed E-state index contributed by atoms with van der Waals surface area (Å²) in [5.74, 6) is -0.0912. The summed E-state index contributed by atoms with van der Waals surface area (Å²) in [6.45, 7) is 1.20. The number of ether oxygens (including phenoxy) is 3.